The predicted molar refractivity (Wildman–Crippen MR) is 126 cm³/mol. The number of aromatic nitrogens is 2. The van der Waals surface area contributed by atoms with Crippen molar-refractivity contribution >= 4 is 21.6 Å². The quantitative estimate of drug-likeness (QED) is 0.602. The van der Waals surface area contributed by atoms with Gasteiger partial charge < -0.3 is 5.32 Å². The summed E-state index contributed by atoms with van der Waals surface area (Å²) < 4.78 is 28.9. The Morgan fingerprint density at radius 2 is 1.64 bits per heavy atom. The van der Waals surface area contributed by atoms with Crippen LogP contribution in [0.15, 0.2) is 76.4 Å². The van der Waals surface area contributed by atoms with E-state index in [1.165, 1.54) is 33.3 Å². The number of anilines is 1. The molecule has 3 aromatic rings. The summed E-state index contributed by atoms with van der Waals surface area (Å²) >= 11 is 0. The Kier molecular flexibility index (Phi) is 7.00. The zero-order valence-electron chi connectivity index (χ0n) is 18.2. The van der Waals surface area contributed by atoms with Gasteiger partial charge in [-0.15, -0.1) is 0 Å². The molecule has 0 aliphatic carbocycles. The molecule has 1 aliphatic heterocycles. The van der Waals surface area contributed by atoms with Crippen LogP contribution in [-0.4, -0.2) is 41.5 Å². The average Bonchev–Trinajstić information content (AvgIpc) is 3.12. The maximum Gasteiger partial charge on any atom is 0.276 e. The number of nitrogens with one attached hydrogen (secondary N) is 1. The summed E-state index contributed by atoms with van der Waals surface area (Å²) in [6.07, 6.45) is 3.75. The number of carbonyl (C=O) groups is 1. The summed E-state index contributed by atoms with van der Waals surface area (Å²) in [6, 6.07) is 18.2. The lowest BCUT2D eigenvalue weighted by atomic mass is 10.2. The molecular weight excluding hydrogens is 440 g/mol. The summed E-state index contributed by atoms with van der Waals surface area (Å²) in [6.45, 7) is 1.25. The maximum absolute atomic E-state index is 13.1. The smallest absolute Gasteiger partial charge is 0.276 e. The minimum Gasteiger partial charge on any atom is -0.321 e. The lowest BCUT2D eigenvalue weighted by Crippen LogP contribution is -2.32. The molecule has 0 atom stereocenters. The molecule has 1 aliphatic rings. The number of sulfonamides is 1. The summed E-state index contributed by atoms with van der Waals surface area (Å²) in [7, 11) is -3.63. The van der Waals surface area contributed by atoms with Crippen molar-refractivity contribution in [3.05, 3.63) is 88.3 Å². The Labute approximate surface area is 192 Å². The topological polar surface area (TPSA) is 101 Å². The van der Waals surface area contributed by atoms with Gasteiger partial charge >= 0.3 is 0 Å². The number of rotatable bonds is 6. The van der Waals surface area contributed by atoms with E-state index >= 15 is 0 Å². The normalized spacial score (nSPS) is 15.0. The summed E-state index contributed by atoms with van der Waals surface area (Å²) in [4.78, 5) is 25.1. The highest BCUT2D eigenvalue weighted by atomic mass is 32.2. The van der Waals surface area contributed by atoms with E-state index in [9.17, 15) is 18.0 Å². The van der Waals surface area contributed by atoms with Gasteiger partial charge in [-0.1, -0.05) is 49.2 Å². The van der Waals surface area contributed by atoms with Crippen LogP contribution >= 0.6 is 0 Å². The van der Waals surface area contributed by atoms with E-state index in [0.717, 1.165) is 31.2 Å². The third-order valence-electron chi connectivity index (χ3n) is 5.57. The Morgan fingerprint density at radius 1 is 0.909 bits per heavy atom. The van der Waals surface area contributed by atoms with Gasteiger partial charge in [0.2, 0.25) is 10.0 Å². The van der Waals surface area contributed by atoms with Gasteiger partial charge in [-0.25, -0.2) is 13.1 Å². The molecule has 1 saturated heterocycles. The van der Waals surface area contributed by atoms with E-state index in [4.69, 9.17) is 0 Å². The van der Waals surface area contributed by atoms with Crippen molar-refractivity contribution in [1.82, 2.24) is 14.1 Å². The molecule has 8 nitrogen and oxygen atoms in total. The highest BCUT2D eigenvalue weighted by Gasteiger charge is 2.25. The van der Waals surface area contributed by atoms with Crippen molar-refractivity contribution in [3.8, 4) is 0 Å². The second kappa shape index (κ2) is 10.1. The van der Waals surface area contributed by atoms with E-state index in [2.05, 4.69) is 10.4 Å². The van der Waals surface area contributed by atoms with Crippen molar-refractivity contribution in [3.63, 3.8) is 0 Å². The molecule has 1 N–H and O–H groups in total. The summed E-state index contributed by atoms with van der Waals surface area (Å²) in [5, 5.41) is 6.88. The molecular formula is C24H26N4O4S. The second-order valence-corrected chi connectivity index (χ2v) is 9.94. The zero-order valence-corrected chi connectivity index (χ0v) is 19.0. The first kappa shape index (κ1) is 22.9. The van der Waals surface area contributed by atoms with Crippen LogP contribution in [0.2, 0.25) is 0 Å². The molecule has 0 unspecified atom stereocenters. The van der Waals surface area contributed by atoms with E-state index < -0.39 is 15.9 Å². The first-order valence-corrected chi connectivity index (χ1v) is 12.4. The number of hydrogen-bond donors (Lipinski definition) is 1. The predicted octanol–water partition coefficient (Wildman–Crippen LogP) is 3.11. The lowest BCUT2D eigenvalue weighted by Gasteiger charge is -2.20. The van der Waals surface area contributed by atoms with Crippen LogP contribution in [0.1, 0.15) is 41.7 Å². The van der Waals surface area contributed by atoms with Crippen molar-refractivity contribution in [2.24, 2.45) is 0 Å². The van der Waals surface area contributed by atoms with Gasteiger partial charge in [-0.05, 0) is 42.7 Å². The highest BCUT2D eigenvalue weighted by molar-refractivity contribution is 7.89. The molecule has 0 bridgehead atoms. The molecule has 0 saturated carbocycles. The summed E-state index contributed by atoms with van der Waals surface area (Å²) in [5.74, 6) is -0.527. The molecule has 9 heteroatoms. The molecule has 1 amide bonds. The Bertz CT molecular complexity index is 1280. The van der Waals surface area contributed by atoms with Crippen LogP contribution in [0.4, 0.5) is 5.69 Å². The van der Waals surface area contributed by atoms with E-state index in [1.807, 2.05) is 30.3 Å². The molecule has 0 radical (unpaired) electrons. The fourth-order valence-electron chi connectivity index (χ4n) is 3.80. The largest absolute Gasteiger partial charge is 0.321 e. The fourth-order valence-corrected chi connectivity index (χ4v) is 5.36. The van der Waals surface area contributed by atoms with Crippen molar-refractivity contribution in [2.75, 3.05) is 18.4 Å². The van der Waals surface area contributed by atoms with Crippen LogP contribution in [0.5, 0.6) is 0 Å². The van der Waals surface area contributed by atoms with Gasteiger partial charge in [0.15, 0.2) is 0 Å². The number of benzene rings is 2. The molecule has 1 aromatic heterocycles. The maximum atomic E-state index is 13.1. The fraction of sp³-hybridized carbons (Fsp3) is 0.292. The molecule has 4 rings (SSSR count). The third-order valence-corrected chi connectivity index (χ3v) is 7.46. The minimum atomic E-state index is -3.63. The number of amides is 1. The second-order valence-electron chi connectivity index (χ2n) is 8.00. The SMILES string of the molecule is O=C(Nc1cccc(S(=O)(=O)N2CCCCCC2)c1)c1ccc(=O)n(Cc2ccccc2)n1. The molecule has 2 aromatic carbocycles. The van der Waals surface area contributed by atoms with Gasteiger partial charge in [-0.3, -0.25) is 9.59 Å². The van der Waals surface area contributed by atoms with E-state index in [0.29, 0.717) is 18.8 Å². The Balaban J connectivity index is 1.52. The first-order valence-electron chi connectivity index (χ1n) is 11.0. The van der Waals surface area contributed by atoms with Crippen molar-refractivity contribution < 1.29 is 13.2 Å². The van der Waals surface area contributed by atoms with Gasteiger partial charge in [-0.2, -0.15) is 9.40 Å². The molecule has 1 fully saturated rings. The average molecular weight is 467 g/mol. The summed E-state index contributed by atoms with van der Waals surface area (Å²) in [5.41, 5.74) is 0.974. The van der Waals surface area contributed by atoms with Crippen LogP contribution in [0, 0.1) is 0 Å². The number of nitrogens with zero attached hydrogens (tertiary/aromatic N) is 3. The molecule has 172 valence electrons. The van der Waals surface area contributed by atoms with Gasteiger partial charge in [0, 0.05) is 24.8 Å². The van der Waals surface area contributed by atoms with Gasteiger partial charge in [0.25, 0.3) is 11.5 Å². The van der Waals surface area contributed by atoms with Gasteiger partial charge in [0.1, 0.15) is 5.69 Å². The van der Waals surface area contributed by atoms with Crippen molar-refractivity contribution in [1.29, 1.82) is 0 Å². The first-order chi connectivity index (χ1) is 15.9. The van der Waals surface area contributed by atoms with Crippen LogP contribution < -0.4 is 10.9 Å². The number of carbonyl (C=O) groups excluding carboxylic acids is 1. The van der Waals surface area contributed by atoms with Crippen LogP contribution in [-0.2, 0) is 16.6 Å². The van der Waals surface area contributed by atoms with E-state index in [1.54, 1.807) is 12.1 Å². The molecule has 0 spiro atoms. The minimum absolute atomic E-state index is 0.0614. The lowest BCUT2D eigenvalue weighted by molar-refractivity contribution is 0.102. The van der Waals surface area contributed by atoms with Crippen LogP contribution in [0.25, 0.3) is 0 Å². The van der Waals surface area contributed by atoms with E-state index in [-0.39, 0.29) is 22.7 Å². The molecule has 2 heterocycles. The van der Waals surface area contributed by atoms with Crippen LogP contribution in [0.3, 0.4) is 0 Å². The monoisotopic (exact) mass is 466 g/mol. The standard InChI is InChI=1S/C24H26N4O4S/c29-23-14-13-22(26-28(23)18-19-9-4-3-5-10-19)24(30)25-20-11-8-12-21(17-20)33(31,32)27-15-6-1-2-7-16-27/h3-5,8-14,17H,1-2,6-7,15-16,18H2,(H,25,30). The Hall–Kier alpha value is -3.30. The van der Waals surface area contributed by atoms with Crippen molar-refractivity contribution in [2.45, 2.75) is 37.1 Å². The molecule has 33 heavy (non-hydrogen) atoms. The highest BCUT2D eigenvalue weighted by Crippen LogP contribution is 2.23. The Morgan fingerprint density at radius 3 is 2.36 bits per heavy atom. The number of hydrogen-bond acceptors (Lipinski definition) is 5. The van der Waals surface area contributed by atoms with Gasteiger partial charge in [0.05, 0.1) is 11.4 Å². The zero-order chi connectivity index (χ0) is 23.3. The third kappa shape index (κ3) is 5.55.